The van der Waals surface area contributed by atoms with E-state index in [4.69, 9.17) is 37.0 Å². The molecule has 0 saturated carbocycles. The zero-order valence-corrected chi connectivity index (χ0v) is 70.8. The molecule has 0 aromatic carbocycles. The van der Waals surface area contributed by atoms with Crippen LogP contribution in [0.2, 0.25) is 0 Å². The Morgan fingerprint density at radius 1 is 0.259 bits per heavy atom. The third kappa shape index (κ3) is 81.4. The summed E-state index contributed by atoms with van der Waals surface area (Å²) in [5, 5.41) is 10.7. The van der Waals surface area contributed by atoms with E-state index in [1.807, 2.05) is 30.4 Å². The summed E-state index contributed by atoms with van der Waals surface area (Å²) in [6, 6.07) is 0. The molecule has 0 aliphatic heterocycles. The predicted molar refractivity (Wildman–Crippen MR) is 463 cm³/mol. The summed E-state index contributed by atoms with van der Waals surface area (Å²) >= 11 is 0. The molecule has 17 nitrogen and oxygen atoms in total. The van der Waals surface area contributed by atoms with Crippen molar-refractivity contribution in [2.45, 2.75) is 303 Å². The average Bonchev–Trinajstić information content (AvgIpc) is 0.895. The van der Waals surface area contributed by atoms with E-state index < -0.39 is 97.5 Å². The molecule has 5 atom stereocenters. The lowest BCUT2D eigenvalue weighted by molar-refractivity contribution is -0.161. The Hall–Kier alpha value is -6.62. The minimum absolute atomic E-state index is 0.00977. The number of phosphoric acid groups is 2. The number of aliphatic hydroxyl groups is 1. The lowest BCUT2D eigenvalue weighted by Gasteiger charge is -2.21. The molecule has 0 heterocycles. The van der Waals surface area contributed by atoms with Crippen LogP contribution in [0.5, 0.6) is 0 Å². The van der Waals surface area contributed by atoms with Crippen LogP contribution in [0.15, 0.2) is 219 Å². The van der Waals surface area contributed by atoms with Gasteiger partial charge in [0.25, 0.3) is 0 Å². The number of carbonyl (C=O) groups is 4. The molecule has 0 amide bonds. The van der Waals surface area contributed by atoms with E-state index in [0.29, 0.717) is 38.5 Å². The summed E-state index contributed by atoms with van der Waals surface area (Å²) in [6.45, 7) is 4.29. The van der Waals surface area contributed by atoms with Gasteiger partial charge < -0.3 is 33.8 Å². The smallest absolute Gasteiger partial charge is 0.462 e. The van der Waals surface area contributed by atoms with Gasteiger partial charge in [0.1, 0.15) is 19.3 Å². The second-order valence-corrected chi connectivity index (χ2v) is 29.8. The van der Waals surface area contributed by atoms with Crippen molar-refractivity contribution in [1.82, 2.24) is 0 Å². The molecule has 19 heteroatoms. The normalized spacial score (nSPS) is 14.9. The number of ether oxygens (including phenoxy) is 4. The van der Waals surface area contributed by atoms with E-state index in [-0.39, 0.29) is 25.7 Å². The number of phosphoric ester groups is 2. The maximum Gasteiger partial charge on any atom is 0.472 e. The van der Waals surface area contributed by atoms with Gasteiger partial charge in [-0.25, -0.2) is 9.13 Å². The molecular weight excluding hydrogens is 1450 g/mol. The summed E-state index contributed by atoms with van der Waals surface area (Å²) in [5.41, 5.74) is 0. The van der Waals surface area contributed by atoms with E-state index in [2.05, 4.69) is 216 Å². The second kappa shape index (κ2) is 82.4. The van der Waals surface area contributed by atoms with Gasteiger partial charge in [0.15, 0.2) is 12.2 Å². The summed E-state index contributed by atoms with van der Waals surface area (Å²) in [7, 11) is -10.0. The van der Waals surface area contributed by atoms with E-state index in [0.717, 1.165) is 173 Å². The fraction of sp³-hybridized carbons (Fsp3) is 0.570. The lowest BCUT2D eigenvalue weighted by atomic mass is 10.1. The molecule has 0 aliphatic carbocycles. The molecule has 0 aromatic rings. The van der Waals surface area contributed by atoms with Gasteiger partial charge in [0.05, 0.1) is 26.4 Å². The molecule has 0 radical (unpaired) electrons. The minimum atomic E-state index is -5.03. The van der Waals surface area contributed by atoms with Gasteiger partial charge in [-0.1, -0.05) is 298 Å². The third-order valence-corrected chi connectivity index (χ3v) is 18.3. The molecule has 0 aromatic heterocycles. The van der Waals surface area contributed by atoms with Crippen LogP contribution in [-0.2, 0) is 65.4 Å². The summed E-state index contributed by atoms with van der Waals surface area (Å²) in [6.07, 6.45) is 105. The van der Waals surface area contributed by atoms with Crippen molar-refractivity contribution in [2.24, 2.45) is 0 Å². The third-order valence-electron chi connectivity index (χ3n) is 16.4. The van der Waals surface area contributed by atoms with Crippen molar-refractivity contribution in [3.05, 3.63) is 219 Å². The SMILES string of the molecule is CC/C=C\C/C=C\C/C=C\C/C=C\C/C=C\C/C=C\CCC(=O)OCC(COP(=O)(O)OCC(O)COP(=O)(O)OCC(COC(=O)CCCCCCCC/C=C\C/C=C\C/C=C\CCCCC)OC(=O)CCCCCC/C=C\C/C=C\C/C=C\C/C=C\CC)OC(=O)CCC/C=C\C/C=C\C/C=C\C/C=C\C/C=C\CC. The fourth-order valence-corrected chi connectivity index (χ4v) is 11.7. The summed E-state index contributed by atoms with van der Waals surface area (Å²) < 4.78 is 68.6. The van der Waals surface area contributed by atoms with Crippen LogP contribution >= 0.6 is 15.6 Å². The molecule has 0 bridgehead atoms. The van der Waals surface area contributed by atoms with Crippen molar-refractivity contribution < 1.29 is 80.2 Å². The van der Waals surface area contributed by atoms with Crippen molar-refractivity contribution in [1.29, 1.82) is 0 Å². The second-order valence-electron chi connectivity index (χ2n) is 26.9. The Kier molecular flexibility index (Phi) is 77.5. The van der Waals surface area contributed by atoms with Gasteiger partial charge in [0.2, 0.25) is 0 Å². The monoisotopic (exact) mass is 1600 g/mol. The number of rotatable bonds is 76. The highest BCUT2D eigenvalue weighted by Gasteiger charge is 2.30. The first-order chi connectivity index (χ1) is 54.7. The van der Waals surface area contributed by atoms with Crippen molar-refractivity contribution in [3.63, 3.8) is 0 Å². The van der Waals surface area contributed by atoms with Gasteiger partial charge in [-0.05, 0) is 180 Å². The Labute approximate surface area is 677 Å². The minimum Gasteiger partial charge on any atom is -0.462 e. The molecule has 0 aliphatic rings. The van der Waals surface area contributed by atoms with Gasteiger partial charge in [-0.3, -0.25) is 37.3 Å². The van der Waals surface area contributed by atoms with Crippen molar-refractivity contribution in [2.75, 3.05) is 39.6 Å². The summed E-state index contributed by atoms with van der Waals surface area (Å²) in [4.78, 5) is 73.2. The van der Waals surface area contributed by atoms with Gasteiger partial charge in [0, 0.05) is 25.7 Å². The van der Waals surface area contributed by atoms with E-state index >= 15 is 0 Å². The zero-order chi connectivity index (χ0) is 81.7. The maximum absolute atomic E-state index is 13.1. The Morgan fingerprint density at radius 2 is 0.491 bits per heavy atom. The molecule has 112 heavy (non-hydrogen) atoms. The van der Waals surface area contributed by atoms with Crippen LogP contribution in [-0.4, -0.2) is 96.7 Å². The van der Waals surface area contributed by atoms with Gasteiger partial charge in [-0.15, -0.1) is 0 Å². The summed E-state index contributed by atoms with van der Waals surface area (Å²) in [5.74, 6) is -2.41. The molecule has 0 rings (SSSR count). The highest BCUT2D eigenvalue weighted by molar-refractivity contribution is 7.47. The topological polar surface area (TPSA) is 237 Å². The van der Waals surface area contributed by atoms with E-state index in [1.54, 1.807) is 0 Å². The number of allylic oxidation sites excluding steroid dienone is 36. The van der Waals surface area contributed by atoms with Gasteiger partial charge >= 0.3 is 39.5 Å². The van der Waals surface area contributed by atoms with E-state index in [1.165, 1.54) is 19.3 Å². The first-order valence-electron chi connectivity index (χ1n) is 42.0. The Morgan fingerprint density at radius 3 is 0.804 bits per heavy atom. The first-order valence-corrected chi connectivity index (χ1v) is 45.0. The first kappa shape index (κ1) is 105. The molecule has 3 N–H and O–H groups in total. The molecule has 630 valence electrons. The highest BCUT2D eigenvalue weighted by atomic mass is 31.2. The molecule has 0 fully saturated rings. The lowest BCUT2D eigenvalue weighted by Crippen LogP contribution is -2.30. The van der Waals surface area contributed by atoms with E-state index in [9.17, 15) is 43.2 Å². The Bertz CT molecular complexity index is 2990. The van der Waals surface area contributed by atoms with Crippen molar-refractivity contribution >= 4 is 39.5 Å². The largest absolute Gasteiger partial charge is 0.472 e. The number of esters is 4. The number of aliphatic hydroxyl groups excluding tert-OH is 1. The molecular formula is C93H146O17P2. The van der Waals surface area contributed by atoms with Crippen LogP contribution in [0.1, 0.15) is 285 Å². The average molecular weight is 1600 g/mol. The maximum atomic E-state index is 13.1. The Balaban J connectivity index is 5.56. The number of hydrogen-bond acceptors (Lipinski definition) is 15. The molecule has 0 spiro atoms. The predicted octanol–water partition coefficient (Wildman–Crippen LogP) is 25.2. The van der Waals surface area contributed by atoms with Crippen LogP contribution in [0.4, 0.5) is 0 Å². The number of hydrogen-bond donors (Lipinski definition) is 3. The molecule has 5 unspecified atom stereocenters. The quantitative estimate of drug-likeness (QED) is 0.0169. The van der Waals surface area contributed by atoms with Gasteiger partial charge in [-0.2, -0.15) is 0 Å². The highest BCUT2D eigenvalue weighted by Crippen LogP contribution is 2.45. The van der Waals surface area contributed by atoms with Crippen molar-refractivity contribution in [3.8, 4) is 0 Å². The zero-order valence-electron chi connectivity index (χ0n) is 69.0. The van der Waals surface area contributed by atoms with Crippen LogP contribution < -0.4 is 0 Å². The number of carbonyl (C=O) groups excluding carboxylic acids is 4. The molecule has 0 saturated heterocycles. The van der Waals surface area contributed by atoms with Crippen LogP contribution in [0.25, 0.3) is 0 Å². The standard InChI is InChI=1S/C93H146O17P2/c1-5-9-13-17-21-25-29-33-37-41-43-47-49-53-57-61-65-69-73-77-90(95)103-83-88(109-92(97)79-75-71-67-63-59-55-51-45-39-35-31-27-23-19-15-11-7-3)85-107-111(99,100)105-81-87(94)82-106-112(101,102)108-86-89(110-93(98)80-76-72-68-64-60-56-52-46-40-36-32-28-24-20-16-12-8-4)84-104-91(96)78-74-70-66-62-58-54-50-48-44-42-38-34-30-26-22-18-14-10-6-2/h9,11-13,15-16,21-28,33-40,43-44,47-48,51-53,55-57,63,65,67,69,87-89,94H,5-8,10,14,17-20,29-32,41-42,45-46,49-50,54,58-62,64,66,68,70-86H2,1-4H3,(H,99,100)(H,101,102)/b13-9-,15-11-,16-12-,25-21-,26-22-,27-23-,28-24-,37-33-,38-34-,39-35-,40-36-,47-43-,48-44-,55-51-,56-52-,57-53-,67-63-,69-65-. The van der Waals surface area contributed by atoms with Crippen LogP contribution in [0.3, 0.4) is 0 Å². The fourth-order valence-electron chi connectivity index (χ4n) is 10.2. The number of unbranched alkanes of at least 4 members (excludes halogenated alkanes) is 14. The van der Waals surface area contributed by atoms with Crippen LogP contribution in [0, 0.1) is 0 Å².